The van der Waals surface area contributed by atoms with Crippen LogP contribution in [0.15, 0.2) is 11.1 Å². The standard InChI is InChI=1S/C13H19NO2.C11H13NO2/c1-4-13(11(14-2)12(15)16-3)7-9-5-6-10(9)8-13;1-14-11(13)10(6-12)9-4-7-2-3-8(7)5-9/h9-11H,4-8H2,1,3H3;7-8H,2-5H2,1H3/t9-,10+,11?,13?;7-,8+. The number of ether oxygens (including phenoxy) is 2. The Labute approximate surface area is 179 Å². The number of carbonyl (C=O) groups excluding carboxylic acids is 2. The third-order valence-electron chi connectivity index (χ3n) is 8.20. The molecule has 6 heteroatoms. The molecule has 6 atom stereocenters. The van der Waals surface area contributed by atoms with Crippen LogP contribution in [0.5, 0.6) is 0 Å². The summed E-state index contributed by atoms with van der Waals surface area (Å²) < 4.78 is 9.37. The Balaban J connectivity index is 0.000000172. The smallest absolute Gasteiger partial charge is 0.390 e. The van der Waals surface area contributed by atoms with E-state index in [9.17, 15) is 9.59 Å². The van der Waals surface area contributed by atoms with Gasteiger partial charge in [-0.25, -0.2) is 16.2 Å². The van der Waals surface area contributed by atoms with E-state index >= 15 is 0 Å². The van der Waals surface area contributed by atoms with E-state index in [2.05, 4.69) is 16.5 Å². The molecule has 0 heterocycles. The average Bonchev–Trinajstić information content (AvgIpc) is 3.17. The van der Waals surface area contributed by atoms with Crippen LogP contribution in [0.2, 0.25) is 0 Å². The Bertz CT molecular complexity index is 777. The molecule has 0 aliphatic heterocycles. The third kappa shape index (κ3) is 3.97. The number of hydrogen-bond acceptors (Lipinski definition) is 5. The van der Waals surface area contributed by atoms with Crippen molar-refractivity contribution in [2.75, 3.05) is 14.2 Å². The summed E-state index contributed by atoms with van der Waals surface area (Å²) in [5.74, 6) is 2.21. The van der Waals surface area contributed by atoms with E-state index in [4.69, 9.17) is 16.6 Å². The van der Waals surface area contributed by atoms with Crippen molar-refractivity contribution >= 4 is 11.9 Å². The molecule has 0 radical (unpaired) electrons. The van der Waals surface area contributed by atoms with Crippen LogP contribution < -0.4 is 0 Å². The number of methoxy groups -OCH3 is 2. The van der Waals surface area contributed by atoms with Gasteiger partial charge in [-0.05, 0) is 87.0 Å². The number of rotatable bonds is 4. The van der Waals surface area contributed by atoms with Crippen LogP contribution in [0, 0.1) is 47.0 Å². The second-order valence-corrected chi connectivity index (χ2v) is 9.36. The molecule has 0 aromatic carbocycles. The first-order valence-electron chi connectivity index (χ1n) is 11.1. The molecule has 0 aromatic rings. The van der Waals surface area contributed by atoms with E-state index in [1.54, 1.807) is 0 Å². The Morgan fingerprint density at radius 2 is 1.63 bits per heavy atom. The van der Waals surface area contributed by atoms with Gasteiger partial charge in [0.15, 0.2) is 0 Å². The second kappa shape index (κ2) is 9.21. The zero-order valence-corrected chi connectivity index (χ0v) is 18.3. The molecule has 2 unspecified atom stereocenters. The van der Waals surface area contributed by atoms with Crippen molar-refractivity contribution in [1.82, 2.24) is 0 Å². The van der Waals surface area contributed by atoms with E-state index in [-0.39, 0.29) is 17.0 Å². The highest BCUT2D eigenvalue weighted by atomic mass is 16.5. The molecule has 4 aliphatic rings. The fourth-order valence-corrected chi connectivity index (χ4v) is 6.03. The van der Waals surface area contributed by atoms with Gasteiger partial charge in [-0.1, -0.05) is 6.92 Å². The summed E-state index contributed by atoms with van der Waals surface area (Å²) in [5.41, 5.74) is 1.18. The van der Waals surface area contributed by atoms with Crippen LogP contribution in [0.4, 0.5) is 0 Å². The first-order valence-corrected chi connectivity index (χ1v) is 11.1. The van der Waals surface area contributed by atoms with Gasteiger partial charge in [0.2, 0.25) is 0 Å². The number of nitriles is 1. The van der Waals surface area contributed by atoms with Crippen molar-refractivity contribution in [1.29, 1.82) is 5.26 Å². The van der Waals surface area contributed by atoms with Gasteiger partial charge >= 0.3 is 18.0 Å². The molecule has 30 heavy (non-hydrogen) atoms. The minimum atomic E-state index is -0.576. The Hall–Kier alpha value is -2.34. The summed E-state index contributed by atoms with van der Waals surface area (Å²) in [7, 11) is 2.71. The predicted octanol–water partition coefficient (Wildman–Crippen LogP) is 4.46. The molecular weight excluding hydrogens is 380 g/mol. The Morgan fingerprint density at radius 3 is 1.97 bits per heavy atom. The molecule has 4 saturated carbocycles. The quantitative estimate of drug-likeness (QED) is 0.295. The van der Waals surface area contributed by atoms with Gasteiger partial charge in [-0.2, -0.15) is 5.26 Å². The molecule has 4 rings (SSSR count). The lowest BCUT2D eigenvalue weighted by Crippen LogP contribution is -2.37. The van der Waals surface area contributed by atoms with Crippen LogP contribution in [0.25, 0.3) is 4.85 Å². The van der Waals surface area contributed by atoms with E-state index < -0.39 is 12.0 Å². The van der Waals surface area contributed by atoms with Gasteiger partial charge in [-0.3, -0.25) is 0 Å². The average molecular weight is 413 g/mol. The maximum Gasteiger partial charge on any atom is 0.390 e. The van der Waals surface area contributed by atoms with Crippen molar-refractivity contribution in [3.63, 3.8) is 0 Å². The molecular formula is C24H32N2O4. The van der Waals surface area contributed by atoms with Crippen LogP contribution in [-0.2, 0) is 19.1 Å². The number of hydrogen-bond donors (Lipinski definition) is 0. The maximum absolute atomic E-state index is 11.7. The Morgan fingerprint density at radius 1 is 1.10 bits per heavy atom. The highest BCUT2D eigenvalue weighted by molar-refractivity contribution is 5.93. The van der Waals surface area contributed by atoms with Crippen LogP contribution in [0.3, 0.4) is 0 Å². The summed E-state index contributed by atoms with van der Waals surface area (Å²) >= 11 is 0. The van der Waals surface area contributed by atoms with E-state index in [1.165, 1.54) is 39.9 Å². The molecule has 0 bridgehead atoms. The Kier molecular flexibility index (Phi) is 6.86. The number of allylic oxidation sites excluding steroid dienone is 1. The van der Waals surface area contributed by atoms with Crippen molar-refractivity contribution in [2.24, 2.45) is 29.1 Å². The topological polar surface area (TPSA) is 80.8 Å². The minimum Gasteiger partial charge on any atom is -0.465 e. The SMILES string of the molecule is COC(=O)C(C#N)=C1C[C@H]2CC[C@H]2C1.[C-]#[N+]C(C(=O)OC)C1(CC)C[C@H]2CC[C@H]2C1. The molecule has 0 N–H and O–H groups in total. The van der Waals surface area contributed by atoms with Crippen LogP contribution >= 0.6 is 0 Å². The van der Waals surface area contributed by atoms with Crippen LogP contribution in [-0.4, -0.2) is 32.2 Å². The van der Waals surface area contributed by atoms with Gasteiger partial charge in [-0.15, -0.1) is 0 Å². The maximum atomic E-state index is 11.7. The largest absolute Gasteiger partial charge is 0.465 e. The molecule has 162 valence electrons. The summed E-state index contributed by atoms with van der Waals surface area (Å²) in [4.78, 5) is 26.5. The third-order valence-corrected chi connectivity index (χ3v) is 8.20. The molecule has 0 spiro atoms. The van der Waals surface area contributed by atoms with Gasteiger partial charge in [0, 0.05) is 0 Å². The molecule has 4 fully saturated rings. The highest BCUT2D eigenvalue weighted by Crippen LogP contribution is 2.58. The fourth-order valence-electron chi connectivity index (χ4n) is 6.03. The monoisotopic (exact) mass is 412 g/mol. The van der Waals surface area contributed by atoms with Crippen molar-refractivity contribution < 1.29 is 19.1 Å². The van der Waals surface area contributed by atoms with Crippen molar-refractivity contribution in [3.8, 4) is 6.07 Å². The molecule has 0 amide bonds. The van der Waals surface area contributed by atoms with Gasteiger partial charge in [0.05, 0.1) is 19.6 Å². The van der Waals surface area contributed by atoms with Gasteiger partial charge < -0.3 is 14.3 Å². The van der Waals surface area contributed by atoms with Gasteiger partial charge in [0.25, 0.3) is 0 Å². The summed E-state index contributed by atoms with van der Waals surface area (Å²) in [6.45, 7) is 9.37. The molecule has 6 nitrogen and oxygen atoms in total. The van der Waals surface area contributed by atoms with E-state index in [0.29, 0.717) is 0 Å². The minimum absolute atomic E-state index is 0.0966. The summed E-state index contributed by atoms with van der Waals surface area (Å²) in [6.07, 6.45) is 9.98. The normalized spacial score (nSPS) is 35.5. The predicted molar refractivity (Wildman–Crippen MR) is 111 cm³/mol. The number of carbonyl (C=O) groups is 2. The van der Waals surface area contributed by atoms with Crippen molar-refractivity contribution in [3.05, 3.63) is 22.6 Å². The van der Waals surface area contributed by atoms with Gasteiger partial charge in [0.1, 0.15) is 11.6 Å². The number of esters is 2. The lowest BCUT2D eigenvalue weighted by atomic mass is 9.76. The zero-order valence-electron chi connectivity index (χ0n) is 18.3. The first-order chi connectivity index (χ1) is 14.4. The molecule has 4 aliphatic carbocycles. The first kappa shape index (κ1) is 22.3. The summed E-state index contributed by atoms with van der Waals surface area (Å²) in [5, 5.41) is 8.87. The summed E-state index contributed by atoms with van der Waals surface area (Å²) in [6, 6.07) is 1.39. The van der Waals surface area contributed by atoms with Crippen molar-refractivity contribution in [2.45, 2.75) is 70.8 Å². The second-order valence-electron chi connectivity index (χ2n) is 9.36. The number of fused-ring (bicyclic) bond motifs is 2. The van der Waals surface area contributed by atoms with Crippen LogP contribution in [0.1, 0.15) is 64.7 Å². The zero-order chi connectivity index (χ0) is 21.9. The molecule has 0 aromatic heterocycles. The fraction of sp³-hybridized carbons (Fsp3) is 0.750. The lowest BCUT2D eigenvalue weighted by Gasteiger charge is -2.29. The van der Waals surface area contributed by atoms with E-state index in [0.717, 1.165) is 61.3 Å². The highest BCUT2D eigenvalue weighted by Gasteiger charge is 2.57. The number of nitrogens with zero attached hydrogens (tertiary/aromatic N) is 2. The van der Waals surface area contributed by atoms with E-state index in [1.807, 2.05) is 6.07 Å². The molecule has 0 saturated heterocycles. The lowest BCUT2D eigenvalue weighted by molar-refractivity contribution is -0.144.